The standard InChI is InChI=1S/C23H27N5O2/c1-17-15-27(2)22(30)28(21(17)29)13-5-12-26-19-8-10-23(16-25,11-9-19)20-7-4-3-6-18(20)14-24/h3-4,6-7,15,19,26H,5,8-13H2,1-2H3/t19-,23+. The van der Waals surface area contributed by atoms with Crippen molar-refractivity contribution in [1.29, 1.82) is 10.5 Å². The number of nitrogens with one attached hydrogen (secondary N) is 1. The molecule has 1 N–H and O–H groups in total. The van der Waals surface area contributed by atoms with Gasteiger partial charge in [-0.15, -0.1) is 0 Å². The van der Waals surface area contributed by atoms with Crippen molar-refractivity contribution in [2.24, 2.45) is 7.05 Å². The average Bonchev–Trinajstić information content (AvgIpc) is 2.77. The summed E-state index contributed by atoms with van der Waals surface area (Å²) in [7, 11) is 1.65. The number of hydrogen-bond acceptors (Lipinski definition) is 5. The number of hydrogen-bond donors (Lipinski definition) is 1. The molecule has 0 unspecified atom stereocenters. The third-order valence-electron chi connectivity index (χ3n) is 6.11. The van der Waals surface area contributed by atoms with E-state index in [-0.39, 0.29) is 17.3 Å². The largest absolute Gasteiger partial charge is 0.330 e. The molecule has 1 heterocycles. The van der Waals surface area contributed by atoms with Gasteiger partial charge in [0, 0.05) is 31.4 Å². The summed E-state index contributed by atoms with van der Waals surface area (Å²) in [6.45, 7) is 2.79. The Morgan fingerprint density at radius 1 is 1.20 bits per heavy atom. The van der Waals surface area contributed by atoms with Crippen molar-refractivity contribution in [3.63, 3.8) is 0 Å². The van der Waals surface area contributed by atoms with Crippen molar-refractivity contribution >= 4 is 0 Å². The van der Waals surface area contributed by atoms with Gasteiger partial charge in [-0.2, -0.15) is 10.5 Å². The number of aromatic nitrogens is 2. The van der Waals surface area contributed by atoms with Crippen LogP contribution in [0.15, 0.2) is 40.1 Å². The highest BCUT2D eigenvalue weighted by Gasteiger charge is 2.38. The molecule has 1 aliphatic carbocycles. The van der Waals surface area contributed by atoms with Gasteiger partial charge in [0.2, 0.25) is 0 Å². The second-order valence-electron chi connectivity index (χ2n) is 8.10. The Morgan fingerprint density at radius 2 is 1.90 bits per heavy atom. The van der Waals surface area contributed by atoms with Crippen LogP contribution in [0, 0.1) is 29.6 Å². The van der Waals surface area contributed by atoms with Crippen LogP contribution in [-0.2, 0) is 19.0 Å². The summed E-state index contributed by atoms with van der Waals surface area (Å²) in [6.07, 6.45) is 5.34. The van der Waals surface area contributed by atoms with E-state index in [0.29, 0.717) is 43.5 Å². The molecule has 1 aliphatic rings. The first-order valence-corrected chi connectivity index (χ1v) is 10.3. The van der Waals surface area contributed by atoms with Crippen molar-refractivity contribution < 1.29 is 0 Å². The van der Waals surface area contributed by atoms with Gasteiger partial charge in [-0.1, -0.05) is 18.2 Å². The molecule has 1 saturated carbocycles. The summed E-state index contributed by atoms with van der Waals surface area (Å²) < 4.78 is 2.73. The molecule has 156 valence electrons. The van der Waals surface area contributed by atoms with Crippen molar-refractivity contribution in [1.82, 2.24) is 14.5 Å². The third kappa shape index (κ3) is 4.22. The maximum Gasteiger partial charge on any atom is 0.330 e. The fourth-order valence-electron chi connectivity index (χ4n) is 4.39. The second-order valence-corrected chi connectivity index (χ2v) is 8.10. The fourth-order valence-corrected chi connectivity index (χ4v) is 4.39. The predicted molar refractivity (Wildman–Crippen MR) is 114 cm³/mol. The molecule has 1 aromatic heterocycles. The highest BCUT2D eigenvalue weighted by molar-refractivity contribution is 5.46. The molecule has 0 radical (unpaired) electrons. The molecule has 1 fully saturated rings. The SMILES string of the molecule is Cc1cn(C)c(=O)n(CCCN[C@H]2CC[C@@](C#N)(c3ccccc3C#N)CC2)c1=O. The predicted octanol–water partition coefficient (Wildman–Crippen LogP) is 2.11. The third-order valence-corrected chi connectivity index (χ3v) is 6.11. The monoisotopic (exact) mass is 405 g/mol. The lowest BCUT2D eigenvalue weighted by molar-refractivity contribution is 0.293. The molecule has 0 bridgehead atoms. The molecular formula is C23H27N5O2. The summed E-state index contributed by atoms with van der Waals surface area (Å²) in [6, 6.07) is 12.4. The Bertz CT molecular complexity index is 1070. The van der Waals surface area contributed by atoms with Gasteiger partial charge in [0.1, 0.15) is 0 Å². The summed E-state index contributed by atoms with van der Waals surface area (Å²) in [5.41, 5.74) is 0.844. The molecule has 30 heavy (non-hydrogen) atoms. The summed E-state index contributed by atoms with van der Waals surface area (Å²) in [5.74, 6) is 0. The smallest absolute Gasteiger partial charge is 0.314 e. The first kappa shape index (κ1) is 21.5. The molecule has 7 nitrogen and oxygen atoms in total. The van der Waals surface area contributed by atoms with E-state index in [1.54, 1.807) is 26.2 Å². The molecule has 1 aromatic carbocycles. The minimum Gasteiger partial charge on any atom is -0.314 e. The van der Waals surface area contributed by atoms with Gasteiger partial charge in [-0.05, 0) is 57.2 Å². The topological polar surface area (TPSA) is 104 Å². The summed E-state index contributed by atoms with van der Waals surface area (Å²) in [5, 5.41) is 22.8. The van der Waals surface area contributed by atoms with Gasteiger partial charge in [-0.3, -0.25) is 9.36 Å². The van der Waals surface area contributed by atoms with Crippen LogP contribution >= 0.6 is 0 Å². The van der Waals surface area contributed by atoms with Crippen LogP contribution in [0.2, 0.25) is 0 Å². The van der Waals surface area contributed by atoms with Gasteiger partial charge in [-0.25, -0.2) is 4.79 Å². The zero-order valence-corrected chi connectivity index (χ0v) is 17.5. The Hall–Kier alpha value is -3.16. The Labute approximate surface area is 176 Å². The summed E-state index contributed by atoms with van der Waals surface area (Å²) in [4.78, 5) is 24.4. The fraction of sp³-hybridized carbons (Fsp3) is 0.478. The Kier molecular flexibility index (Phi) is 6.54. The van der Waals surface area contributed by atoms with Crippen molar-refractivity contribution in [3.05, 3.63) is 68.0 Å². The first-order valence-electron chi connectivity index (χ1n) is 10.3. The van der Waals surface area contributed by atoms with Crippen molar-refractivity contribution in [3.8, 4) is 12.1 Å². The Balaban J connectivity index is 1.56. The maximum atomic E-state index is 12.2. The van der Waals surface area contributed by atoms with Crippen LogP contribution in [0.5, 0.6) is 0 Å². The molecule has 7 heteroatoms. The van der Waals surface area contributed by atoms with Gasteiger partial charge >= 0.3 is 5.69 Å². The number of benzene rings is 1. The van der Waals surface area contributed by atoms with E-state index in [4.69, 9.17) is 0 Å². The molecular weight excluding hydrogens is 378 g/mol. The Morgan fingerprint density at radius 3 is 2.57 bits per heavy atom. The molecule has 0 spiro atoms. The molecule has 0 amide bonds. The van der Waals surface area contributed by atoms with Gasteiger partial charge in [0.25, 0.3) is 5.56 Å². The van der Waals surface area contributed by atoms with Crippen LogP contribution in [0.3, 0.4) is 0 Å². The first-order chi connectivity index (χ1) is 14.4. The lowest BCUT2D eigenvalue weighted by Gasteiger charge is -2.36. The zero-order valence-electron chi connectivity index (χ0n) is 17.5. The maximum absolute atomic E-state index is 12.2. The average molecular weight is 406 g/mol. The minimum atomic E-state index is -0.606. The van der Waals surface area contributed by atoms with E-state index in [9.17, 15) is 20.1 Å². The van der Waals surface area contributed by atoms with E-state index in [1.807, 2.05) is 18.2 Å². The zero-order chi connectivity index (χ0) is 21.7. The van der Waals surface area contributed by atoms with Gasteiger partial charge in [0.05, 0.1) is 23.1 Å². The van der Waals surface area contributed by atoms with Crippen LogP contribution in [-0.4, -0.2) is 21.7 Å². The van der Waals surface area contributed by atoms with E-state index in [1.165, 1.54) is 9.13 Å². The van der Waals surface area contributed by atoms with Crippen LogP contribution < -0.4 is 16.6 Å². The van der Waals surface area contributed by atoms with E-state index in [0.717, 1.165) is 18.4 Å². The second kappa shape index (κ2) is 9.11. The molecule has 2 aromatic rings. The molecule has 0 aliphatic heterocycles. The van der Waals surface area contributed by atoms with Crippen LogP contribution in [0.4, 0.5) is 0 Å². The van der Waals surface area contributed by atoms with Crippen molar-refractivity contribution in [2.45, 2.75) is 57.0 Å². The van der Waals surface area contributed by atoms with Gasteiger partial charge in [0.15, 0.2) is 0 Å². The van der Waals surface area contributed by atoms with E-state index in [2.05, 4.69) is 17.5 Å². The lowest BCUT2D eigenvalue weighted by atomic mass is 9.68. The minimum absolute atomic E-state index is 0.231. The molecule has 0 saturated heterocycles. The van der Waals surface area contributed by atoms with E-state index >= 15 is 0 Å². The van der Waals surface area contributed by atoms with Gasteiger partial charge < -0.3 is 9.88 Å². The lowest BCUT2D eigenvalue weighted by Crippen LogP contribution is -2.42. The number of aryl methyl sites for hydroxylation is 2. The molecule has 0 atom stereocenters. The highest BCUT2D eigenvalue weighted by atomic mass is 16.2. The normalized spacial score (nSPS) is 21.0. The van der Waals surface area contributed by atoms with Crippen molar-refractivity contribution in [2.75, 3.05) is 6.54 Å². The highest BCUT2D eigenvalue weighted by Crippen LogP contribution is 2.40. The number of nitriles is 2. The van der Waals surface area contributed by atoms with Crippen LogP contribution in [0.1, 0.15) is 48.8 Å². The molecule has 3 rings (SSSR count). The number of rotatable bonds is 6. The summed E-state index contributed by atoms with van der Waals surface area (Å²) >= 11 is 0. The van der Waals surface area contributed by atoms with E-state index < -0.39 is 5.41 Å². The number of nitrogens with zero attached hydrogens (tertiary/aromatic N) is 4. The van der Waals surface area contributed by atoms with Crippen LogP contribution in [0.25, 0.3) is 0 Å². The quantitative estimate of drug-likeness (QED) is 0.742.